The second-order valence-corrected chi connectivity index (χ2v) is 6.60. The molecule has 122 valence electrons. The average Bonchev–Trinajstić information content (AvgIpc) is 2.96. The van der Waals surface area contributed by atoms with Gasteiger partial charge in [0.1, 0.15) is 5.75 Å². The van der Waals surface area contributed by atoms with E-state index in [9.17, 15) is 9.90 Å². The van der Waals surface area contributed by atoms with Crippen LogP contribution in [0.5, 0.6) is 5.75 Å². The lowest BCUT2D eigenvalue weighted by Gasteiger charge is -2.02. The van der Waals surface area contributed by atoms with Crippen LogP contribution in [0.2, 0.25) is 0 Å². The number of amidine groups is 1. The Labute approximate surface area is 148 Å². The number of phenolic OH excluding ortho intramolecular Hbond substituents is 1. The zero-order valence-corrected chi connectivity index (χ0v) is 14.0. The van der Waals surface area contributed by atoms with Crippen LogP contribution in [0, 0.1) is 0 Å². The summed E-state index contributed by atoms with van der Waals surface area (Å²) < 4.78 is 0. The van der Waals surface area contributed by atoms with Crippen LogP contribution in [0.15, 0.2) is 76.6 Å². The Morgan fingerprint density at radius 2 is 1.72 bits per heavy atom. The number of carbonyl (C=O) groups excluding carboxylic acids is 1. The first-order chi connectivity index (χ1) is 12.2. The number of phenols is 1. The number of hydrogen-bond acceptors (Lipinski definition) is 4. The van der Waals surface area contributed by atoms with Gasteiger partial charge in [-0.1, -0.05) is 48.5 Å². The van der Waals surface area contributed by atoms with E-state index in [4.69, 9.17) is 0 Å². The summed E-state index contributed by atoms with van der Waals surface area (Å²) in [4.78, 5) is 17.4. The Morgan fingerprint density at radius 3 is 2.56 bits per heavy atom. The van der Waals surface area contributed by atoms with Gasteiger partial charge >= 0.3 is 0 Å². The molecule has 0 aliphatic carbocycles. The zero-order chi connectivity index (χ0) is 17.2. The number of amides is 1. The van der Waals surface area contributed by atoms with Gasteiger partial charge in [0, 0.05) is 5.39 Å². The number of benzene rings is 3. The standard InChI is InChI=1S/C20H14N2O2S/c23-15-10-8-13(9-11-15)12-18-19(24)22-20(25-18)21-17-7-3-5-14-4-1-2-6-16(14)17/h1-12,23H,(H,21,22,24)/b18-12-. The summed E-state index contributed by atoms with van der Waals surface area (Å²) in [6.45, 7) is 0. The Bertz CT molecular complexity index is 1020. The van der Waals surface area contributed by atoms with Crippen LogP contribution in [-0.2, 0) is 4.79 Å². The van der Waals surface area contributed by atoms with Crippen molar-refractivity contribution in [2.75, 3.05) is 0 Å². The summed E-state index contributed by atoms with van der Waals surface area (Å²) in [5.74, 6) is 0.0287. The lowest BCUT2D eigenvalue weighted by molar-refractivity contribution is -0.115. The van der Waals surface area contributed by atoms with E-state index in [0.717, 1.165) is 22.0 Å². The Hall–Kier alpha value is -3.05. The van der Waals surface area contributed by atoms with Gasteiger partial charge in [0.05, 0.1) is 10.6 Å². The molecule has 3 aromatic rings. The van der Waals surface area contributed by atoms with Crippen molar-refractivity contribution in [2.24, 2.45) is 4.99 Å². The van der Waals surface area contributed by atoms with Crippen molar-refractivity contribution in [1.29, 1.82) is 0 Å². The number of hydrogen-bond donors (Lipinski definition) is 2. The Kier molecular flexibility index (Phi) is 3.99. The number of nitrogens with zero attached hydrogens (tertiary/aromatic N) is 1. The van der Waals surface area contributed by atoms with Gasteiger partial charge in [-0.2, -0.15) is 0 Å². The van der Waals surface area contributed by atoms with Crippen molar-refractivity contribution in [2.45, 2.75) is 0 Å². The number of rotatable bonds is 2. The molecule has 0 radical (unpaired) electrons. The molecule has 4 nitrogen and oxygen atoms in total. The number of aliphatic imine (C=N–C) groups is 1. The van der Waals surface area contributed by atoms with Crippen molar-refractivity contribution in [3.05, 3.63) is 77.2 Å². The molecule has 0 unspecified atom stereocenters. The maximum absolute atomic E-state index is 12.2. The molecule has 2 N–H and O–H groups in total. The second kappa shape index (κ2) is 6.45. The molecular formula is C20H14N2O2S. The number of thioether (sulfide) groups is 1. The number of nitrogens with one attached hydrogen (secondary N) is 1. The van der Waals surface area contributed by atoms with Gasteiger partial charge in [0.2, 0.25) is 0 Å². The van der Waals surface area contributed by atoms with E-state index in [2.05, 4.69) is 10.3 Å². The normalized spacial score (nSPS) is 17.4. The average molecular weight is 346 g/mol. The predicted octanol–water partition coefficient (Wildman–Crippen LogP) is 4.44. The largest absolute Gasteiger partial charge is 0.508 e. The van der Waals surface area contributed by atoms with E-state index in [1.807, 2.05) is 42.5 Å². The van der Waals surface area contributed by atoms with Gasteiger partial charge in [-0.15, -0.1) is 0 Å². The van der Waals surface area contributed by atoms with Crippen LogP contribution in [0.25, 0.3) is 16.8 Å². The van der Waals surface area contributed by atoms with Crippen LogP contribution < -0.4 is 5.32 Å². The van der Waals surface area contributed by atoms with Crippen molar-refractivity contribution >= 4 is 45.4 Å². The molecule has 0 bridgehead atoms. The number of carbonyl (C=O) groups is 1. The summed E-state index contributed by atoms with van der Waals surface area (Å²) in [5, 5.41) is 14.9. The highest BCUT2D eigenvalue weighted by Crippen LogP contribution is 2.31. The molecule has 4 rings (SSSR count). The molecule has 25 heavy (non-hydrogen) atoms. The fourth-order valence-electron chi connectivity index (χ4n) is 2.62. The molecular weight excluding hydrogens is 332 g/mol. The van der Waals surface area contributed by atoms with Gasteiger partial charge in [-0.05, 0) is 47.0 Å². The van der Waals surface area contributed by atoms with Crippen LogP contribution in [0.3, 0.4) is 0 Å². The Balaban J connectivity index is 1.65. The lowest BCUT2D eigenvalue weighted by atomic mass is 10.1. The van der Waals surface area contributed by atoms with Crippen molar-refractivity contribution in [3.63, 3.8) is 0 Å². The topological polar surface area (TPSA) is 61.7 Å². The fraction of sp³-hybridized carbons (Fsp3) is 0. The fourth-order valence-corrected chi connectivity index (χ4v) is 3.45. The van der Waals surface area contributed by atoms with E-state index in [1.54, 1.807) is 30.3 Å². The first-order valence-electron chi connectivity index (χ1n) is 7.75. The smallest absolute Gasteiger partial charge is 0.264 e. The third kappa shape index (κ3) is 3.27. The summed E-state index contributed by atoms with van der Waals surface area (Å²) in [7, 11) is 0. The minimum atomic E-state index is -0.169. The molecule has 0 saturated carbocycles. The van der Waals surface area contributed by atoms with Gasteiger partial charge in [-0.25, -0.2) is 4.99 Å². The minimum Gasteiger partial charge on any atom is -0.508 e. The van der Waals surface area contributed by atoms with Crippen LogP contribution in [0.4, 0.5) is 5.69 Å². The number of aromatic hydroxyl groups is 1. The molecule has 3 aromatic carbocycles. The summed E-state index contributed by atoms with van der Waals surface area (Å²) in [6, 6.07) is 20.6. The SMILES string of the molecule is O=C1NC(=Nc2cccc3ccccc23)S/C1=C\c1ccc(O)cc1. The molecule has 1 heterocycles. The molecule has 1 aliphatic heterocycles. The van der Waals surface area contributed by atoms with E-state index in [1.165, 1.54) is 11.8 Å². The quantitative estimate of drug-likeness (QED) is 0.675. The molecule has 0 spiro atoms. The van der Waals surface area contributed by atoms with E-state index < -0.39 is 0 Å². The minimum absolute atomic E-state index is 0.169. The van der Waals surface area contributed by atoms with Crippen LogP contribution >= 0.6 is 11.8 Å². The highest BCUT2D eigenvalue weighted by Gasteiger charge is 2.23. The van der Waals surface area contributed by atoms with Crippen molar-refractivity contribution in [3.8, 4) is 5.75 Å². The van der Waals surface area contributed by atoms with E-state index in [0.29, 0.717) is 10.1 Å². The molecule has 0 atom stereocenters. The van der Waals surface area contributed by atoms with Gasteiger partial charge in [0.25, 0.3) is 5.91 Å². The molecule has 5 heteroatoms. The highest BCUT2D eigenvalue weighted by atomic mass is 32.2. The maximum Gasteiger partial charge on any atom is 0.264 e. The molecule has 1 amide bonds. The van der Waals surface area contributed by atoms with E-state index in [-0.39, 0.29) is 11.7 Å². The number of fused-ring (bicyclic) bond motifs is 1. The third-order valence-electron chi connectivity index (χ3n) is 3.83. The lowest BCUT2D eigenvalue weighted by Crippen LogP contribution is -2.19. The molecule has 1 saturated heterocycles. The predicted molar refractivity (Wildman–Crippen MR) is 103 cm³/mol. The van der Waals surface area contributed by atoms with Gasteiger partial charge in [0.15, 0.2) is 5.17 Å². The third-order valence-corrected chi connectivity index (χ3v) is 4.74. The summed E-state index contributed by atoms with van der Waals surface area (Å²) in [5.41, 5.74) is 1.67. The molecule has 1 aliphatic rings. The summed E-state index contributed by atoms with van der Waals surface area (Å²) >= 11 is 1.31. The maximum atomic E-state index is 12.2. The van der Waals surface area contributed by atoms with Crippen molar-refractivity contribution < 1.29 is 9.90 Å². The van der Waals surface area contributed by atoms with Crippen LogP contribution in [-0.4, -0.2) is 16.2 Å². The van der Waals surface area contributed by atoms with Gasteiger partial charge in [-0.3, -0.25) is 4.79 Å². The second-order valence-electron chi connectivity index (χ2n) is 5.57. The summed E-state index contributed by atoms with van der Waals surface area (Å²) in [6.07, 6.45) is 1.78. The first kappa shape index (κ1) is 15.5. The van der Waals surface area contributed by atoms with Crippen LogP contribution in [0.1, 0.15) is 5.56 Å². The first-order valence-corrected chi connectivity index (χ1v) is 8.57. The molecule has 1 fully saturated rings. The van der Waals surface area contributed by atoms with E-state index >= 15 is 0 Å². The monoisotopic (exact) mass is 346 g/mol. The van der Waals surface area contributed by atoms with Gasteiger partial charge < -0.3 is 10.4 Å². The van der Waals surface area contributed by atoms with Crippen molar-refractivity contribution in [1.82, 2.24) is 5.32 Å². The molecule has 0 aromatic heterocycles. The highest BCUT2D eigenvalue weighted by molar-refractivity contribution is 8.18. The zero-order valence-electron chi connectivity index (χ0n) is 13.1. The Morgan fingerprint density at radius 1 is 0.960 bits per heavy atom.